The van der Waals surface area contributed by atoms with Crippen molar-refractivity contribution in [3.8, 4) is 0 Å². The van der Waals surface area contributed by atoms with E-state index in [1.807, 2.05) is 23.9 Å². The van der Waals surface area contributed by atoms with E-state index in [1.165, 1.54) is 39.8 Å². The Labute approximate surface area is 164 Å². The van der Waals surface area contributed by atoms with E-state index < -0.39 is 0 Å². The van der Waals surface area contributed by atoms with Crippen LogP contribution in [0.3, 0.4) is 0 Å². The van der Waals surface area contributed by atoms with Gasteiger partial charge >= 0.3 is 0 Å². The lowest BCUT2D eigenvalue weighted by atomic mass is 9.94. The van der Waals surface area contributed by atoms with Crippen LogP contribution in [0.1, 0.15) is 24.0 Å². The van der Waals surface area contributed by atoms with Gasteiger partial charge < -0.3 is 10.3 Å². The molecule has 0 bridgehead atoms. The van der Waals surface area contributed by atoms with Gasteiger partial charge in [-0.3, -0.25) is 0 Å². The number of aromatic amines is 1. The number of nitrogens with one attached hydrogen (secondary N) is 2. The average Bonchev–Trinajstić information content (AvgIpc) is 3.09. The van der Waals surface area contributed by atoms with Crippen LogP contribution in [0, 0.1) is 0 Å². The van der Waals surface area contributed by atoms with Crippen molar-refractivity contribution in [3.63, 3.8) is 0 Å². The van der Waals surface area contributed by atoms with Crippen molar-refractivity contribution in [1.29, 1.82) is 0 Å². The van der Waals surface area contributed by atoms with Crippen LogP contribution in [0.25, 0.3) is 16.5 Å². The fourth-order valence-corrected chi connectivity index (χ4v) is 4.80. The zero-order valence-corrected chi connectivity index (χ0v) is 16.2. The molecule has 2 aromatic carbocycles. The predicted molar refractivity (Wildman–Crippen MR) is 115 cm³/mol. The maximum absolute atomic E-state index is 6.14. The summed E-state index contributed by atoms with van der Waals surface area (Å²) in [4.78, 5) is 3.36. The van der Waals surface area contributed by atoms with Gasteiger partial charge in [0.05, 0.1) is 0 Å². The molecule has 0 amide bonds. The molecule has 0 fully saturated rings. The largest absolute Gasteiger partial charge is 0.361 e. The summed E-state index contributed by atoms with van der Waals surface area (Å²) in [5.41, 5.74) is 5.31. The highest BCUT2D eigenvalue weighted by Crippen LogP contribution is 2.27. The Morgan fingerprint density at radius 3 is 2.96 bits per heavy atom. The van der Waals surface area contributed by atoms with Gasteiger partial charge in [-0.25, -0.2) is 0 Å². The van der Waals surface area contributed by atoms with Crippen molar-refractivity contribution in [1.82, 2.24) is 10.3 Å². The van der Waals surface area contributed by atoms with E-state index in [2.05, 4.69) is 59.0 Å². The molecule has 134 valence electrons. The molecule has 3 aromatic rings. The van der Waals surface area contributed by atoms with E-state index in [1.54, 1.807) is 0 Å². The molecule has 0 aliphatic carbocycles. The monoisotopic (exact) mass is 382 g/mol. The molecule has 0 radical (unpaired) electrons. The molecule has 0 saturated carbocycles. The van der Waals surface area contributed by atoms with Crippen molar-refractivity contribution in [2.24, 2.45) is 0 Å². The van der Waals surface area contributed by atoms with Gasteiger partial charge in [-0.15, -0.1) is 0 Å². The third kappa shape index (κ3) is 4.17. The van der Waals surface area contributed by atoms with Crippen LogP contribution in [-0.4, -0.2) is 23.3 Å². The Hall–Kier alpha value is -1.68. The van der Waals surface area contributed by atoms with E-state index in [9.17, 15) is 0 Å². The zero-order valence-electron chi connectivity index (χ0n) is 14.7. The molecule has 0 saturated heterocycles. The molecule has 1 atom stereocenters. The first-order valence-corrected chi connectivity index (χ1v) is 10.6. The quantitative estimate of drug-likeness (QED) is 0.520. The first kappa shape index (κ1) is 17.7. The number of thioether (sulfide) groups is 1. The maximum Gasteiger partial charge on any atom is 0.0457 e. The summed E-state index contributed by atoms with van der Waals surface area (Å²) in [6, 6.07) is 17.3. The molecule has 4 rings (SSSR count). The Kier molecular flexibility index (Phi) is 5.68. The Bertz CT molecular complexity index is 915. The van der Waals surface area contributed by atoms with Gasteiger partial charge in [-0.1, -0.05) is 48.0 Å². The van der Waals surface area contributed by atoms with Crippen LogP contribution in [0.4, 0.5) is 0 Å². The van der Waals surface area contributed by atoms with Gasteiger partial charge in [-0.2, -0.15) is 11.8 Å². The number of fused-ring (bicyclic) bond motifs is 1. The number of para-hydroxylation sites is 1. The summed E-state index contributed by atoms with van der Waals surface area (Å²) in [5, 5.41) is 5.79. The Morgan fingerprint density at radius 1 is 1.12 bits per heavy atom. The number of H-pyrrole nitrogens is 1. The molecule has 2 nitrogen and oxygen atoms in total. The van der Waals surface area contributed by atoms with Gasteiger partial charge in [0, 0.05) is 40.5 Å². The van der Waals surface area contributed by atoms with Crippen molar-refractivity contribution in [2.75, 3.05) is 12.3 Å². The van der Waals surface area contributed by atoms with E-state index in [4.69, 9.17) is 11.6 Å². The molecular formula is C22H23ClN2S. The zero-order chi connectivity index (χ0) is 17.8. The van der Waals surface area contributed by atoms with Crippen molar-refractivity contribution < 1.29 is 0 Å². The van der Waals surface area contributed by atoms with E-state index in [-0.39, 0.29) is 0 Å². The summed E-state index contributed by atoms with van der Waals surface area (Å²) in [5.74, 6) is 2.23. The van der Waals surface area contributed by atoms with Crippen LogP contribution in [0.2, 0.25) is 5.02 Å². The lowest BCUT2D eigenvalue weighted by Crippen LogP contribution is -2.33. The van der Waals surface area contributed by atoms with Crippen LogP contribution in [-0.2, 0) is 5.75 Å². The average molecular weight is 383 g/mol. The highest BCUT2D eigenvalue weighted by molar-refractivity contribution is 7.98. The molecule has 1 aliphatic heterocycles. The van der Waals surface area contributed by atoms with Crippen LogP contribution in [0.5, 0.6) is 0 Å². The first-order chi connectivity index (χ1) is 12.8. The summed E-state index contributed by atoms with van der Waals surface area (Å²) >= 11 is 8.16. The Morgan fingerprint density at radius 2 is 2.04 bits per heavy atom. The van der Waals surface area contributed by atoms with E-state index >= 15 is 0 Å². The standard InChI is InChI=1S/C22H23ClN2S/c23-19-5-3-4-16(12-19)17-8-10-24-20(13-17)9-11-26-15-18-14-25-22-7-2-1-6-21(18)22/h1-8,12,14,20,24-25H,9-11,13,15H2. The Balaban J connectivity index is 1.28. The van der Waals surface area contributed by atoms with Crippen LogP contribution in [0.15, 0.2) is 60.8 Å². The fourth-order valence-electron chi connectivity index (χ4n) is 3.56. The maximum atomic E-state index is 6.14. The molecule has 0 spiro atoms. The molecule has 4 heteroatoms. The van der Waals surface area contributed by atoms with Crippen molar-refractivity contribution >= 4 is 39.8 Å². The van der Waals surface area contributed by atoms with Crippen molar-refractivity contribution in [3.05, 3.63) is 77.0 Å². The second kappa shape index (κ2) is 8.34. The SMILES string of the molecule is Clc1cccc(C2=CCNC(CCSCc3c[nH]c4ccccc34)C2)c1. The lowest BCUT2D eigenvalue weighted by Gasteiger charge is -2.24. The number of hydrogen-bond donors (Lipinski definition) is 2. The lowest BCUT2D eigenvalue weighted by molar-refractivity contribution is 0.525. The minimum Gasteiger partial charge on any atom is -0.361 e. The number of rotatable bonds is 6. The fraction of sp³-hybridized carbons (Fsp3) is 0.273. The molecule has 2 N–H and O–H groups in total. The number of aromatic nitrogens is 1. The van der Waals surface area contributed by atoms with Crippen LogP contribution < -0.4 is 5.32 Å². The van der Waals surface area contributed by atoms with Gasteiger partial charge in [0.15, 0.2) is 0 Å². The van der Waals surface area contributed by atoms with Gasteiger partial charge in [0.1, 0.15) is 0 Å². The molecule has 26 heavy (non-hydrogen) atoms. The molecule has 1 unspecified atom stereocenters. The van der Waals surface area contributed by atoms with E-state index in [0.29, 0.717) is 6.04 Å². The highest BCUT2D eigenvalue weighted by atomic mass is 35.5. The van der Waals surface area contributed by atoms with Crippen LogP contribution >= 0.6 is 23.4 Å². The van der Waals surface area contributed by atoms with Gasteiger partial charge in [0.2, 0.25) is 0 Å². The van der Waals surface area contributed by atoms with Gasteiger partial charge in [-0.05, 0) is 53.5 Å². The molecule has 1 aromatic heterocycles. The molecule has 2 heterocycles. The molecule has 1 aliphatic rings. The van der Waals surface area contributed by atoms with Crippen molar-refractivity contribution in [2.45, 2.75) is 24.6 Å². The number of benzene rings is 2. The predicted octanol–water partition coefficient (Wildman–Crippen LogP) is 5.89. The topological polar surface area (TPSA) is 27.8 Å². The van der Waals surface area contributed by atoms with E-state index in [0.717, 1.165) is 23.7 Å². The number of halogens is 1. The minimum atomic E-state index is 0.546. The minimum absolute atomic E-state index is 0.546. The highest BCUT2D eigenvalue weighted by Gasteiger charge is 2.16. The number of hydrogen-bond acceptors (Lipinski definition) is 2. The third-order valence-electron chi connectivity index (χ3n) is 4.96. The third-order valence-corrected chi connectivity index (χ3v) is 6.23. The summed E-state index contributed by atoms with van der Waals surface area (Å²) in [6.45, 7) is 0.944. The molecular weight excluding hydrogens is 360 g/mol. The summed E-state index contributed by atoms with van der Waals surface area (Å²) < 4.78 is 0. The normalized spacial score (nSPS) is 17.4. The second-order valence-corrected chi connectivity index (χ2v) is 8.29. The second-order valence-electron chi connectivity index (χ2n) is 6.75. The summed E-state index contributed by atoms with van der Waals surface area (Å²) in [7, 11) is 0. The summed E-state index contributed by atoms with van der Waals surface area (Å²) in [6.07, 6.45) is 6.71. The smallest absolute Gasteiger partial charge is 0.0457 e. The first-order valence-electron chi connectivity index (χ1n) is 9.11. The van der Waals surface area contributed by atoms with Gasteiger partial charge in [0.25, 0.3) is 0 Å².